The number of morpholine rings is 1. The number of methoxy groups -OCH3 is 1. The summed E-state index contributed by atoms with van der Waals surface area (Å²) in [4.78, 5) is 17.6. The first-order valence-electron chi connectivity index (χ1n) is 9.03. The third-order valence-corrected chi connectivity index (χ3v) is 5.11. The molecule has 1 atom stereocenters. The number of benzene rings is 1. The maximum absolute atomic E-state index is 13.1. The molecule has 0 spiro atoms. The fourth-order valence-corrected chi connectivity index (χ4v) is 3.70. The quantitative estimate of drug-likeness (QED) is 0.801. The van der Waals surface area contributed by atoms with Crippen molar-refractivity contribution >= 4 is 18.3 Å². The molecule has 6 heteroatoms. The Hall–Kier alpha value is -1.30. The summed E-state index contributed by atoms with van der Waals surface area (Å²) in [5.41, 5.74) is 0.679. The summed E-state index contributed by atoms with van der Waals surface area (Å²) in [6.45, 7) is 5.57. The van der Waals surface area contributed by atoms with E-state index in [1.807, 2.05) is 24.3 Å². The number of amides is 1. The van der Waals surface area contributed by atoms with Crippen molar-refractivity contribution in [3.8, 4) is 5.75 Å². The van der Waals surface area contributed by atoms with Crippen LogP contribution in [-0.4, -0.2) is 68.3 Å². The normalized spacial score (nSPS) is 21.5. The van der Waals surface area contributed by atoms with Crippen LogP contribution in [0.1, 0.15) is 36.0 Å². The molecule has 2 heterocycles. The predicted octanol–water partition coefficient (Wildman–Crippen LogP) is 2.83. The van der Waals surface area contributed by atoms with Crippen LogP contribution < -0.4 is 4.74 Å². The highest BCUT2D eigenvalue weighted by Gasteiger charge is 2.29. The zero-order valence-electron chi connectivity index (χ0n) is 15.0. The van der Waals surface area contributed by atoms with Crippen molar-refractivity contribution in [3.63, 3.8) is 0 Å². The lowest BCUT2D eigenvalue weighted by Crippen LogP contribution is -2.46. The smallest absolute Gasteiger partial charge is 0.257 e. The summed E-state index contributed by atoms with van der Waals surface area (Å²) in [5.74, 6) is 0.777. The summed E-state index contributed by atoms with van der Waals surface area (Å²) >= 11 is 0. The van der Waals surface area contributed by atoms with Crippen LogP contribution in [0.3, 0.4) is 0 Å². The SMILES string of the molecule is COc1ccccc1C(=O)N1CCCCC1CCN1CCOCC1.Cl. The van der Waals surface area contributed by atoms with Gasteiger partial charge in [-0.3, -0.25) is 9.69 Å². The third kappa shape index (κ3) is 5.09. The van der Waals surface area contributed by atoms with E-state index >= 15 is 0 Å². The largest absolute Gasteiger partial charge is 0.496 e. The predicted molar refractivity (Wildman–Crippen MR) is 101 cm³/mol. The summed E-state index contributed by atoms with van der Waals surface area (Å²) < 4.78 is 10.8. The number of para-hydroxylation sites is 1. The Bertz CT molecular complexity index is 549. The number of ether oxygens (including phenoxy) is 2. The van der Waals surface area contributed by atoms with Gasteiger partial charge in [-0.1, -0.05) is 12.1 Å². The van der Waals surface area contributed by atoms with E-state index in [-0.39, 0.29) is 18.3 Å². The number of rotatable bonds is 5. The zero-order valence-corrected chi connectivity index (χ0v) is 15.8. The van der Waals surface area contributed by atoms with Gasteiger partial charge in [-0.2, -0.15) is 0 Å². The maximum Gasteiger partial charge on any atom is 0.257 e. The Balaban J connectivity index is 0.00000225. The van der Waals surface area contributed by atoms with Crippen molar-refractivity contribution in [2.75, 3.05) is 46.5 Å². The summed E-state index contributed by atoms with van der Waals surface area (Å²) in [5, 5.41) is 0. The van der Waals surface area contributed by atoms with Gasteiger partial charge in [0.2, 0.25) is 0 Å². The highest BCUT2D eigenvalue weighted by atomic mass is 35.5. The lowest BCUT2D eigenvalue weighted by molar-refractivity contribution is 0.0295. The van der Waals surface area contributed by atoms with Gasteiger partial charge in [0, 0.05) is 32.2 Å². The van der Waals surface area contributed by atoms with E-state index in [4.69, 9.17) is 9.47 Å². The van der Waals surface area contributed by atoms with Gasteiger partial charge in [-0.25, -0.2) is 0 Å². The first-order valence-corrected chi connectivity index (χ1v) is 9.03. The average Bonchev–Trinajstić information content (AvgIpc) is 2.67. The molecule has 5 nitrogen and oxygen atoms in total. The molecule has 3 rings (SSSR count). The number of hydrogen-bond donors (Lipinski definition) is 0. The van der Waals surface area contributed by atoms with Crippen molar-refractivity contribution in [2.45, 2.75) is 31.7 Å². The molecule has 2 saturated heterocycles. The summed E-state index contributed by atoms with van der Waals surface area (Å²) in [6.07, 6.45) is 4.45. The fourth-order valence-electron chi connectivity index (χ4n) is 3.70. The number of piperidine rings is 1. The standard InChI is InChI=1S/C19H28N2O3.ClH/c1-23-18-8-3-2-7-17(18)19(22)21-10-5-4-6-16(21)9-11-20-12-14-24-15-13-20;/h2-3,7-8,16H,4-6,9-15H2,1H3;1H. The molecule has 0 saturated carbocycles. The van der Waals surface area contributed by atoms with Crippen molar-refractivity contribution in [1.29, 1.82) is 0 Å². The third-order valence-electron chi connectivity index (χ3n) is 5.11. The molecule has 0 radical (unpaired) electrons. The Morgan fingerprint density at radius 3 is 2.72 bits per heavy atom. The molecule has 0 bridgehead atoms. The highest BCUT2D eigenvalue weighted by Crippen LogP contribution is 2.26. The highest BCUT2D eigenvalue weighted by molar-refractivity contribution is 5.97. The van der Waals surface area contributed by atoms with Gasteiger partial charge in [-0.05, 0) is 37.8 Å². The van der Waals surface area contributed by atoms with E-state index in [1.165, 1.54) is 6.42 Å². The second-order valence-corrected chi connectivity index (χ2v) is 6.59. The van der Waals surface area contributed by atoms with Crippen LogP contribution in [0.5, 0.6) is 5.75 Å². The lowest BCUT2D eigenvalue weighted by Gasteiger charge is -2.37. The van der Waals surface area contributed by atoms with E-state index < -0.39 is 0 Å². The fraction of sp³-hybridized carbons (Fsp3) is 0.632. The number of nitrogens with zero attached hydrogens (tertiary/aromatic N) is 2. The van der Waals surface area contributed by atoms with Gasteiger partial charge in [0.15, 0.2) is 0 Å². The number of likely N-dealkylation sites (tertiary alicyclic amines) is 1. The molecule has 1 aromatic carbocycles. The lowest BCUT2D eigenvalue weighted by atomic mass is 9.97. The van der Waals surface area contributed by atoms with Crippen LogP contribution in [0.25, 0.3) is 0 Å². The first kappa shape index (κ1) is 20.0. The molecule has 2 fully saturated rings. The van der Waals surface area contributed by atoms with Crippen molar-refractivity contribution in [1.82, 2.24) is 9.80 Å². The van der Waals surface area contributed by atoms with Crippen molar-refractivity contribution in [2.24, 2.45) is 0 Å². The first-order chi connectivity index (χ1) is 11.8. The van der Waals surface area contributed by atoms with Crippen LogP contribution in [0.15, 0.2) is 24.3 Å². The van der Waals surface area contributed by atoms with Crippen LogP contribution in [0.4, 0.5) is 0 Å². The molecule has 0 aliphatic carbocycles. The van der Waals surface area contributed by atoms with Gasteiger partial charge in [0.25, 0.3) is 5.91 Å². The van der Waals surface area contributed by atoms with Gasteiger partial charge in [0.1, 0.15) is 5.75 Å². The Kier molecular flexibility index (Phi) is 8.00. The Morgan fingerprint density at radius 1 is 1.20 bits per heavy atom. The summed E-state index contributed by atoms with van der Waals surface area (Å²) in [6, 6.07) is 7.87. The minimum absolute atomic E-state index is 0. The molecule has 0 N–H and O–H groups in total. The van der Waals surface area contributed by atoms with Gasteiger partial charge in [-0.15, -0.1) is 12.4 Å². The van der Waals surface area contributed by atoms with Crippen LogP contribution >= 0.6 is 12.4 Å². The Labute approximate surface area is 156 Å². The van der Waals surface area contributed by atoms with E-state index in [0.717, 1.165) is 58.7 Å². The van der Waals surface area contributed by atoms with E-state index in [1.54, 1.807) is 7.11 Å². The maximum atomic E-state index is 13.1. The van der Waals surface area contributed by atoms with Gasteiger partial charge < -0.3 is 14.4 Å². The molecule has 1 amide bonds. The minimum atomic E-state index is 0. The van der Waals surface area contributed by atoms with Gasteiger partial charge >= 0.3 is 0 Å². The second-order valence-electron chi connectivity index (χ2n) is 6.59. The van der Waals surface area contributed by atoms with Crippen molar-refractivity contribution in [3.05, 3.63) is 29.8 Å². The molecule has 2 aliphatic rings. The van der Waals surface area contributed by atoms with Crippen LogP contribution in [0.2, 0.25) is 0 Å². The topological polar surface area (TPSA) is 42.0 Å². The van der Waals surface area contributed by atoms with Gasteiger partial charge in [0.05, 0.1) is 25.9 Å². The zero-order chi connectivity index (χ0) is 16.8. The average molecular weight is 369 g/mol. The number of hydrogen-bond acceptors (Lipinski definition) is 4. The molecule has 25 heavy (non-hydrogen) atoms. The monoisotopic (exact) mass is 368 g/mol. The molecule has 2 aliphatic heterocycles. The molecule has 1 unspecified atom stereocenters. The molecular weight excluding hydrogens is 340 g/mol. The molecule has 140 valence electrons. The molecule has 1 aromatic rings. The number of carbonyl (C=O) groups is 1. The van der Waals surface area contributed by atoms with Crippen LogP contribution in [0, 0.1) is 0 Å². The van der Waals surface area contributed by atoms with Crippen LogP contribution in [-0.2, 0) is 4.74 Å². The molecule has 0 aromatic heterocycles. The second kappa shape index (κ2) is 10.00. The Morgan fingerprint density at radius 2 is 1.96 bits per heavy atom. The summed E-state index contributed by atoms with van der Waals surface area (Å²) in [7, 11) is 1.62. The number of halogens is 1. The van der Waals surface area contributed by atoms with E-state index in [9.17, 15) is 4.79 Å². The van der Waals surface area contributed by atoms with E-state index in [0.29, 0.717) is 17.4 Å². The van der Waals surface area contributed by atoms with E-state index in [2.05, 4.69) is 9.80 Å². The number of carbonyl (C=O) groups excluding carboxylic acids is 1. The molecular formula is C19H29ClN2O3. The minimum Gasteiger partial charge on any atom is -0.496 e. The van der Waals surface area contributed by atoms with Crippen molar-refractivity contribution < 1.29 is 14.3 Å².